The van der Waals surface area contributed by atoms with Gasteiger partial charge in [0, 0.05) is 4.47 Å². The van der Waals surface area contributed by atoms with Crippen molar-refractivity contribution in [2.24, 2.45) is 0 Å². The molecule has 8 heteroatoms. The van der Waals surface area contributed by atoms with Crippen LogP contribution in [0.15, 0.2) is 16.6 Å². The van der Waals surface area contributed by atoms with Crippen LogP contribution in [0, 0.1) is 5.82 Å². The van der Waals surface area contributed by atoms with Crippen LogP contribution in [-0.4, -0.2) is 0 Å². The number of hydrogen-bond donors (Lipinski definition) is 0. The maximum Gasteiger partial charge on any atom is 0.420 e. The van der Waals surface area contributed by atoms with Gasteiger partial charge in [-0.3, -0.25) is 0 Å². The van der Waals surface area contributed by atoms with Gasteiger partial charge in [0.1, 0.15) is 11.4 Å². The van der Waals surface area contributed by atoms with Gasteiger partial charge >= 0.3 is 12.4 Å². The van der Waals surface area contributed by atoms with Gasteiger partial charge in [-0.2, -0.15) is 26.3 Å². The van der Waals surface area contributed by atoms with Gasteiger partial charge in [-0.25, -0.2) is 4.39 Å². The molecule has 0 fully saturated rings. The Morgan fingerprint density at radius 1 is 0.875 bits per heavy atom. The zero-order valence-corrected chi connectivity index (χ0v) is 8.76. The summed E-state index contributed by atoms with van der Waals surface area (Å²) in [4.78, 5) is 0. The SMILES string of the molecule is Fc1c(C(F)(F)F)ccc(Br)c1C(F)(F)F. The third kappa shape index (κ3) is 2.47. The molecule has 90 valence electrons. The average molecular weight is 311 g/mol. The first-order chi connectivity index (χ1) is 7.05. The molecule has 0 unspecified atom stereocenters. The molecule has 1 rings (SSSR count). The van der Waals surface area contributed by atoms with Crippen molar-refractivity contribution in [2.75, 3.05) is 0 Å². The molecule has 0 aliphatic carbocycles. The molecule has 0 heterocycles. The van der Waals surface area contributed by atoms with E-state index in [4.69, 9.17) is 0 Å². The fourth-order valence-electron chi connectivity index (χ4n) is 1.03. The monoisotopic (exact) mass is 310 g/mol. The number of hydrogen-bond acceptors (Lipinski definition) is 0. The van der Waals surface area contributed by atoms with Gasteiger partial charge in [-0.1, -0.05) is 15.9 Å². The minimum Gasteiger partial charge on any atom is -0.206 e. The van der Waals surface area contributed by atoms with Crippen LogP contribution >= 0.6 is 15.9 Å². The maximum atomic E-state index is 13.1. The van der Waals surface area contributed by atoms with Gasteiger partial charge in [0.2, 0.25) is 0 Å². The third-order valence-electron chi connectivity index (χ3n) is 1.68. The molecular formula is C8H2BrF7. The minimum absolute atomic E-state index is 0.245. The normalized spacial score (nSPS) is 13.0. The first-order valence-corrected chi connectivity index (χ1v) is 4.47. The fourth-order valence-corrected chi connectivity index (χ4v) is 1.56. The lowest BCUT2D eigenvalue weighted by Crippen LogP contribution is -2.15. The molecule has 0 saturated heterocycles. The van der Waals surface area contributed by atoms with E-state index in [2.05, 4.69) is 15.9 Å². The van der Waals surface area contributed by atoms with Crippen LogP contribution in [0.25, 0.3) is 0 Å². The van der Waals surface area contributed by atoms with Gasteiger partial charge in [-0.05, 0) is 12.1 Å². The van der Waals surface area contributed by atoms with Crippen LogP contribution in [0.3, 0.4) is 0 Å². The van der Waals surface area contributed by atoms with E-state index in [1.54, 1.807) is 0 Å². The second kappa shape index (κ2) is 3.90. The lowest BCUT2D eigenvalue weighted by atomic mass is 10.1. The summed E-state index contributed by atoms with van der Waals surface area (Å²) in [6.45, 7) is 0. The van der Waals surface area contributed by atoms with Crippen molar-refractivity contribution in [3.8, 4) is 0 Å². The molecule has 0 spiro atoms. The summed E-state index contributed by atoms with van der Waals surface area (Å²) >= 11 is 2.36. The molecule has 0 atom stereocenters. The molecule has 16 heavy (non-hydrogen) atoms. The van der Waals surface area contributed by atoms with E-state index in [0.717, 1.165) is 0 Å². The first-order valence-electron chi connectivity index (χ1n) is 3.67. The van der Waals surface area contributed by atoms with Crippen molar-refractivity contribution in [3.63, 3.8) is 0 Å². The smallest absolute Gasteiger partial charge is 0.206 e. The largest absolute Gasteiger partial charge is 0.420 e. The van der Waals surface area contributed by atoms with E-state index in [0.29, 0.717) is 6.07 Å². The lowest BCUT2D eigenvalue weighted by molar-refractivity contribution is -0.148. The molecule has 0 amide bonds. The fraction of sp³-hybridized carbons (Fsp3) is 0.250. The van der Waals surface area contributed by atoms with E-state index >= 15 is 0 Å². The quantitative estimate of drug-likeness (QED) is 0.613. The molecule has 0 aliphatic rings. The first kappa shape index (κ1) is 13.3. The van der Waals surface area contributed by atoms with Crippen molar-refractivity contribution in [1.82, 2.24) is 0 Å². The molecule has 0 N–H and O–H groups in total. The van der Waals surface area contributed by atoms with E-state index in [1.807, 2.05) is 0 Å². The second-order valence-electron chi connectivity index (χ2n) is 2.78. The summed E-state index contributed by atoms with van der Waals surface area (Å²) in [6, 6.07) is 0.753. The highest BCUT2D eigenvalue weighted by molar-refractivity contribution is 9.10. The highest BCUT2D eigenvalue weighted by atomic mass is 79.9. The van der Waals surface area contributed by atoms with Gasteiger partial charge < -0.3 is 0 Å². The molecule has 1 aromatic carbocycles. The minimum atomic E-state index is -5.19. The van der Waals surface area contributed by atoms with Crippen LogP contribution in [0.4, 0.5) is 30.7 Å². The molecule has 0 aromatic heterocycles. The zero-order chi connectivity index (χ0) is 12.7. The molecule has 0 aliphatic heterocycles. The summed E-state index contributed by atoms with van der Waals surface area (Å²) < 4.78 is 85.4. The molecule has 0 saturated carbocycles. The van der Waals surface area contributed by atoms with E-state index < -0.39 is 33.8 Å². The Morgan fingerprint density at radius 2 is 1.38 bits per heavy atom. The predicted molar refractivity (Wildman–Crippen MR) is 44.1 cm³/mol. The molecule has 0 nitrogen and oxygen atoms in total. The van der Waals surface area contributed by atoms with Gasteiger partial charge in [0.05, 0.1) is 5.56 Å². The Hall–Kier alpha value is -0.790. The highest BCUT2D eigenvalue weighted by Crippen LogP contribution is 2.41. The summed E-state index contributed by atoms with van der Waals surface area (Å²) in [6.07, 6.45) is -10.4. The summed E-state index contributed by atoms with van der Waals surface area (Å²) in [5.74, 6) is -2.32. The van der Waals surface area contributed by atoms with Crippen LogP contribution in [0.2, 0.25) is 0 Å². The Balaban J connectivity index is 3.52. The predicted octanol–water partition coefficient (Wildman–Crippen LogP) is 4.63. The lowest BCUT2D eigenvalue weighted by Gasteiger charge is -2.14. The zero-order valence-electron chi connectivity index (χ0n) is 7.18. The van der Waals surface area contributed by atoms with Crippen molar-refractivity contribution in [3.05, 3.63) is 33.5 Å². The van der Waals surface area contributed by atoms with Crippen molar-refractivity contribution in [1.29, 1.82) is 0 Å². The molecular weight excluding hydrogens is 309 g/mol. The van der Waals surface area contributed by atoms with Crippen LogP contribution < -0.4 is 0 Å². The van der Waals surface area contributed by atoms with E-state index in [9.17, 15) is 30.7 Å². The third-order valence-corrected chi connectivity index (χ3v) is 2.34. The molecule has 0 bridgehead atoms. The van der Waals surface area contributed by atoms with Crippen molar-refractivity contribution in [2.45, 2.75) is 12.4 Å². The summed E-state index contributed by atoms with van der Waals surface area (Å²) in [5.41, 5.74) is -3.90. The summed E-state index contributed by atoms with van der Waals surface area (Å²) in [5, 5.41) is 0. The number of benzene rings is 1. The van der Waals surface area contributed by atoms with Gasteiger partial charge in [-0.15, -0.1) is 0 Å². The Morgan fingerprint density at radius 3 is 1.75 bits per heavy atom. The maximum absolute atomic E-state index is 13.1. The van der Waals surface area contributed by atoms with Crippen molar-refractivity contribution >= 4 is 15.9 Å². The molecule has 0 radical (unpaired) electrons. The van der Waals surface area contributed by atoms with Crippen molar-refractivity contribution < 1.29 is 30.7 Å². The molecule has 1 aromatic rings. The van der Waals surface area contributed by atoms with E-state index in [1.165, 1.54) is 0 Å². The second-order valence-corrected chi connectivity index (χ2v) is 3.63. The number of rotatable bonds is 0. The standard InChI is InChI=1S/C8H2BrF7/c9-4-2-1-3(7(11,12)13)6(10)5(4)8(14,15)16/h1-2H. The van der Waals surface area contributed by atoms with E-state index in [-0.39, 0.29) is 6.07 Å². The highest BCUT2D eigenvalue weighted by Gasteiger charge is 2.42. The van der Waals surface area contributed by atoms with Crippen LogP contribution in [0.5, 0.6) is 0 Å². The average Bonchev–Trinajstić information content (AvgIpc) is 1.97. The Labute approximate surface area is 93.2 Å². The number of alkyl halides is 6. The topological polar surface area (TPSA) is 0 Å². The van der Waals surface area contributed by atoms with Gasteiger partial charge in [0.15, 0.2) is 0 Å². The number of halogens is 8. The van der Waals surface area contributed by atoms with Gasteiger partial charge in [0.25, 0.3) is 0 Å². The summed E-state index contributed by atoms with van der Waals surface area (Å²) in [7, 11) is 0. The van der Waals surface area contributed by atoms with Crippen LogP contribution in [0.1, 0.15) is 11.1 Å². The Bertz CT molecular complexity index is 404. The Kier molecular flexibility index (Phi) is 3.24. The van der Waals surface area contributed by atoms with Crippen LogP contribution in [-0.2, 0) is 12.4 Å².